The van der Waals surface area contributed by atoms with Gasteiger partial charge in [-0.3, -0.25) is 0 Å². The number of alkyl halides is 1. The van der Waals surface area contributed by atoms with Crippen LogP contribution in [0.5, 0.6) is 0 Å². The molecule has 0 heterocycles. The van der Waals surface area contributed by atoms with E-state index in [-0.39, 0.29) is 5.56 Å². The van der Waals surface area contributed by atoms with Gasteiger partial charge >= 0.3 is 0 Å². The lowest BCUT2D eigenvalue weighted by Gasteiger charge is -2.16. The molecule has 0 fully saturated rings. The first-order valence-corrected chi connectivity index (χ1v) is 8.46. The predicted molar refractivity (Wildman–Crippen MR) is 58.6 cm³/mol. The van der Waals surface area contributed by atoms with E-state index in [2.05, 4.69) is 26.2 Å². The van der Waals surface area contributed by atoms with Crippen molar-refractivity contribution in [3.05, 3.63) is 12.7 Å². The molecular formula is C9H19ClOSi. The van der Waals surface area contributed by atoms with Crippen LogP contribution in [0, 0.1) is 0 Å². The molecule has 0 bridgehead atoms. The summed E-state index contributed by atoms with van der Waals surface area (Å²) in [6.45, 7) is 11.4. The molecule has 0 aromatic rings. The van der Waals surface area contributed by atoms with Gasteiger partial charge in [0.05, 0.1) is 0 Å². The summed E-state index contributed by atoms with van der Waals surface area (Å²) in [4.78, 5) is 0. The molecule has 1 nitrogen and oxygen atoms in total. The van der Waals surface area contributed by atoms with Crippen LogP contribution in [0.25, 0.3) is 0 Å². The molecule has 0 radical (unpaired) electrons. The highest BCUT2D eigenvalue weighted by Crippen LogP contribution is 2.11. The van der Waals surface area contributed by atoms with E-state index in [1.807, 2.05) is 0 Å². The Morgan fingerprint density at radius 3 is 2.50 bits per heavy atom. The number of hydrogen-bond acceptors (Lipinski definition) is 1. The van der Waals surface area contributed by atoms with Gasteiger partial charge in [-0.05, 0) is 6.04 Å². The number of halogens is 1. The molecule has 0 spiro atoms. The van der Waals surface area contributed by atoms with Gasteiger partial charge in [0, 0.05) is 21.1 Å². The van der Waals surface area contributed by atoms with Crippen LogP contribution in [-0.2, 0) is 4.74 Å². The Balaban J connectivity index is 3.36. The van der Waals surface area contributed by atoms with Gasteiger partial charge in [-0.1, -0.05) is 37.3 Å². The maximum absolute atomic E-state index is 5.83. The van der Waals surface area contributed by atoms with Crippen molar-refractivity contribution in [2.24, 2.45) is 0 Å². The Morgan fingerprint density at radius 1 is 1.50 bits per heavy atom. The van der Waals surface area contributed by atoms with Crippen molar-refractivity contribution in [3.63, 3.8) is 0 Å². The minimum Gasteiger partial charge on any atom is -0.362 e. The fourth-order valence-electron chi connectivity index (χ4n) is 0.692. The third-order valence-corrected chi connectivity index (χ3v) is 3.51. The highest BCUT2D eigenvalue weighted by atomic mass is 35.5. The molecule has 0 aliphatic carbocycles. The standard InChI is InChI=1S/C9H19ClOSi/c1-5-6-9(10)11-7-8-12(2,3)4/h5,9H,1,6-8H2,2-4H3. The van der Waals surface area contributed by atoms with E-state index in [1.54, 1.807) is 6.08 Å². The summed E-state index contributed by atoms with van der Waals surface area (Å²) in [6.07, 6.45) is 2.51. The van der Waals surface area contributed by atoms with Gasteiger partial charge in [0.25, 0.3) is 0 Å². The SMILES string of the molecule is C=CCC(Cl)OCC[Si](C)(C)C. The van der Waals surface area contributed by atoms with E-state index in [4.69, 9.17) is 16.3 Å². The number of rotatable bonds is 6. The molecule has 0 aromatic heterocycles. The third kappa shape index (κ3) is 8.30. The Labute approximate surface area is 81.8 Å². The first kappa shape index (κ1) is 12.2. The predicted octanol–water partition coefficient (Wildman–Crippen LogP) is 3.48. The largest absolute Gasteiger partial charge is 0.362 e. The normalized spacial score (nSPS) is 14.3. The summed E-state index contributed by atoms with van der Waals surface area (Å²) < 4.78 is 5.39. The van der Waals surface area contributed by atoms with Crippen LogP contribution >= 0.6 is 11.6 Å². The summed E-state index contributed by atoms with van der Waals surface area (Å²) in [5, 5.41) is 0. The van der Waals surface area contributed by atoms with Crippen LogP contribution < -0.4 is 0 Å². The van der Waals surface area contributed by atoms with Crippen LogP contribution in [-0.4, -0.2) is 20.2 Å². The molecule has 1 unspecified atom stereocenters. The summed E-state index contributed by atoms with van der Waals surface area (Å²) in [7, 11) is -0.956. The molecular weight excluding hydrogens is 188 g/mol. The first-order valence-electron chi connectivity index (χ1n) is 4.32. The van der Waals surface area contributed by atoms with E-state index >= 15 is 0 Å². The first-order chi connectivity index (χ1) is 5.45. The maximum Gasteiger partial charge on any atom is 0.134 e. The van der Waals surface area contributed by atoms with E-state index in [0.717, 1.165) is 13.0 Å². The van der Waals surface area contributed by atoms with Gasteiger partial charge in [0.15, 0.2) is 0 Å². The van der Waals surface area contributed by atoms with Gasteiger partial charge in [0.1, 0.15) is 5.56 Å². The lowest BCUT2D eigenvalue weighted by atomic mass is 10.4. The number of hydrogen-bond donors (Lipinski definition) is 0. The zero-order chi connectivity index (χ0) is 9.61. The van der Waals surface area contributed by atoms with Crippen LogP contribution in [0.4, 0.5) is 0 Å². The van der Waals surface area contributed by atoms with Crippen molar-refractivity contribution in [2.75, 3.05) is 6.61 Å². The summed E-state index contributed by atoms with van der Waals surface area (Å²) >= 11 is 5.83. The lowest BCUT2D eigenvalue weighted by Crippen LogP contribution is -2.22. The summed E-state index contributed by atoms with van der Waals surface area (Å²) in [5.74, 6) is 0. The van der Waals surface area contributed by atoms with Gasteiger partial charge in [-0.25, -0.2) is 0 Å². The second kappa shape index (κ2) is 5.78. The second-order valence-electron chi connectivity index (χ2n) is 4.12. The van der Waals surface area contributed by atoms with Crippen LogP contribution in [0.1, 0.15) is 6.42 Å². The van der Waals surface area contributed by atoms with Crippen molar-refractivity contribution < 1.29 is 4.74 Å². The van der Waals surface area contributed by atoms with E-state index < -0.39 is 8.07 Å². The highest BCUT2D eigenvalue weighted by Gasteiger charge is 2.13. The van der Waals surface area contributed by atoms with Crippen molar-refractivity contribution in [1.82, 2.24) is 0 Å². The van der Waals surface area contributed by atoms with Crippen molar-refractivity contribution in [2.45, 2.75) is 37.7 Å². The molecule has 12 heavy (non-hydrogen) atoms. The third-order valence-electron chi connectivity index (χ3n) is 1.50. The van der Waals surface area contributed by atoms with Gasteiger partial charge in [-0.2, -0.15) is 0 Å². The Bertz CT molecular complexity index is 131. The fourth-order valence-corrected chi connectivity index (χ4v) is 1.64. The minimum atomic E-state index is -0.956. The van der Waals surface area contributed by atoms with Crippen molar-refractivity contribution >= 4 is 19.7 Å². The molecule has 0 rings (SSSR count). The molecule has 0 aromatic carbocycles. The molecule has 1 atom stereocenters. The van der Waals surface area contributed by atoms with E-state index in [9.17, 15) is 0 Å². The van der Waals surface area contributed by atoms with Crippen LogP contribution in [0.3, 0.4) is 0 Å². The average molecular weight is 207 g/mol. The van der Waals surface area contributed by atoms with E-state index in [0.29, 0.717) is 0 Å². The Kier molecular flexibility index (Phi) is 5.88. The van der Waals surface area contributed by atoms with Crippen molar-refractivity contribution in [3.8, 4) is 0 Å². The van der Waals surface area contributed by atoms with Gasteiger partial charge in [0.2, 0.25) is 0 Å². The van der Waals surface area contributed by atoms with E-state index in [1.165, 1.54) is 6.04 Å². The zero-order valence-corrected chi connectivity index (χ0v) is 10.0. The molecule has 0 N–H and O–H groups in total. The topological polar surface area (TPSA) is 9.23 Å². The molecule has 0 amide bonds. The summed E-state index contributed by atoms with van der Waals surface area (Å²) in [5.41, 5.74) is -0.182. The Hall–Kier alpha value is 0.207. The molecule has 72 valence electrons. The molecule has 3 heteroatoms. The van der Waals surface area contributed by atoms with Crippen LogP contribution in [0.2, 0.25) is 25.7 Å². The highest BCUT2D eigenvalue weighted by molar-refractivity contribution is 6.76. The monoisotopic (exact) mass is 206 g/mol. The van der Waals surface area contributed by atoms with Gasteiger partial charge in [-0.15, -0.1) is 6.58 Å². The molecule has 0 saturated heterocycles. The molecule has 0 aliphatic rings. The number of ether oxygens (including phenoxy) is 1. The molecule has 0 saturated carbocycles. The minimum absolute atomic E-state index is 0.182. The fraction of sp³-hybridized carbons (Fsp3) is 0.778. The molecule has 0 aliphatic heterocycles. The van der Waals surface area contributed by atoms with Crippen LogP contribution in [0.15, 0.2) is 12.7 Å². The lowest BCUT2D eigenvalue weighted by molar-refractivity contribution is 0.121. The smallest absolute Gasteiger partial charge is 0.134 e. The average Bonchev–Trinajstić information content (AvgIpc) is 1.84. The Morgan fingerprint density at radius 2 is 2.08 bits per heavy atom. The summed E-state index contributed by atoms with van der Waals surface area (Å²) in [6, 6.07) is 1.17. The van der Waals surface area contributed by atoms with Crippen molar-refractivity contribution in [1.29, 1.82) is 0 Å². The van der Waals surface area contributed by atoms with Gasteiger partial charge < -0.3 is 4.74 Å². The second-order valence-corrected chi connectivity index (χ2v) is 10.2. The maximum atomic E-state index is 5.83. The zero-order valence-electron chi connectivity index (χ0n) is 8.27. The quantitative estimate of drug-likeness (QED) is 0.367.